The summed E-state index contributed by atoms with van der Waals surface area (Å²) in [6, 6.07) is 20.2. The van der Waals surface area contributed by atoms with Gasteiger partial charge in [0.2, 0.25) is 15.9 Å². The van der Waals surface area contributed by atoms with Crippen molar-refractivity contribution >= 4 is 15.9 Å². The van der Waals surface area contributed by atoms with Crippen molar-refractivity contribution in [2.24, 2.45) is 0 Å². The first kappa shape index (κ1) is 22.9. The molecule has 7 nitrogen and oxygen atoms in total. The van der Waals surface area contributed by atoms with Crippen LogP contribution in [0.5, 0.6) is 0 Å². The van der Waals surface area contributed by atoms with Gasteiger partial charge in [0.05, 0.1) is 10.9 Å². The van der Waals surface area contributed by atoms with Crippen molar-refractivity contribution < 1.29 is 13.2 Å². The molecule has 4 rings (SSSR count). The van der Waals surface area contributed by atoms with Gasteiger partial charge in [0.25, 0.3) is 5.56 Å². The molecular weight excluding hydrogens is 438 g/mol. The van der Waals surface area contributed by atoms with Gasteiger partial charge in [0.1, 0.15) is 6.54 Å². The standard InChI is InChI=1S/C25H27N3O4S/c1-19(20-9-11-22(12-10-20)21-7-3-2-4-8-21)26-24(29)18-27-17-23(13-14-25(27)30)33(31,32)28-15-5-6-16-28/h2-4,7-14,17,19H,5-6,15-16,18H2,1H3,(H,26,29)/t19-/m0/s1. The lowest BCUT2D eigenvalue weighted by Crippen LogP contribution is -2.34. The maximum atomic E-state index is 12.8. The van der Waals surface area contributed by atoms with Crippen LogP contribution in [0.15, 0.2) is 82.6 Å². The van der Waals surface area contributed by atoms with E-state index >= 15 is 0 Å². The van der Waals surface area contributed by atoms with Gasteiger partial charge in [-0.05, 0) is 42.5 Å². The fraction of sp³-hybridized carbons (Fsp3) is 0.280. The highest BCUT2D eigenvalue weighted by Gasteiger charge is 2.27. The van der Waals surface area contributed by atoms with Crippen LogP contribution in [0.2, 0.25) is 0 Å². The minimum Gasteiger partial charge on any atom is -0.348 e. The Morgan fingerprint density at radius 1 is 0.939 bits per heavy atom. The first-order valence-corrected chi connectivity index (χ1v) is 12.4. The third-order valence-corrected chi connectivity index (χ3v) is 7.75. The van der Waals surface area contributed by atoms with E-state index in [2.05, 4.69) is 5.32 Å². The molecule has 0 spiro atoms. The fourth-order valence-corrected chi connectivity index (χ4v) is 5.52. The molecule has 33 heavy (non-hydrogen) atoms. The number of carbonyl (C=O) groups is 1. The Morgan fingerprint density at radius 3 is 2.24 bits per heavy atom. The first-order chi connectivity index (χ1) is 15.8. The van der Waals surface area contributed by atoms with Crippen molar-refractivity contribution in [3.63, 3.8) is 0 Å². The summed E-state index contributed by atoms with van der Waals surface area (Å²) in [6.45, 7) is 2.56. The van der Waals surface area contributed by atoms with E-state index in [9.17, 15) is 18.0 Å². The smallest absolute Gasteiger partial charge is 0.251 e. The molecule has 1 atom stereocenters. The summed E-state index contributed by atoms with van der Waals surface area (Å²) in [5, 5.41) is 2.89. The van der Waals surface area contributed by atoms with Gasteiger partial charge in [-0.2, -0.15) is 4.31 Å². The highest BCUT2D eigenvalue weighted by atomic mass is 32.2. The molecule has 1 amide bonds. The molecule has 1 aliphatic rings. The number of benzene rings is 2. The van der Waals surface area contributed by atoms with Gasteiger partial charge in [0.15, 0.2) is 0 Å². The van der Waals surface area contributed by atoms with Crippen LogP contribution in [0.25, 0.3) is 11.1 Å². The van der Waals surface area contributed by atoms with Gasteiger partial charge >= 0.3 is 0 Å². The second-order valence-electron chi connectivity index (χ2n) is 8.22. The van der Waals surface area contributed by atoms with Crippen molar-refractivity contribution in [1.29, 1.82) is 0 Å². The van der Waals surface area contributed by atoms with Crippen LogP contribution in [0.3, 0.4) is 0 Å². The number of amides is 1. The van der Waals surface area contributed by atoms with Crippen LogP contribution in [0.4, 0.5) is 0 Å². The first-order valence-electron chi connectivity index (χ1n) is 11.0. The van der Waals surface area contributed by atoms with E-state index in [4.69, 9.17) is 0 Å². The minimum atomic E-state index is -3.66. The molecule has 0 aliphatic carbocycles. The topological polar surface area (TPSA) is 88.5 Å². The maximum Gasteiger partial charge on any atom is 0.251 e. The second-order valence-corrected chi connectivity index (χ2v) is 10.2. The quantitative estimate of drug-likeness (QED) is 0.581. The number of hydrogen-bond donors (Lipinski definition) is 1. The van der Waals surface area contributed by atoms with Gasteiger partial charge < -0.3 is 9.88 Å². The molecule has 2 aromatic carbocycles. The van der Waals surface area contributed by atoms with Crippen LogP contribution < -0.4 is 10.9 Å². The second kappa shape index (κ2) is 9.72. The molecule has 0 bridgehead atoms. The van der Waals surface area contributed by atoms with Crippen molar-refractivity contribution in [2.75, 3.05) is 13.1 Å². The molecule has 172 valence electrons. The normalized spacial score (nSPS) is 15.3. The van der Waals surface area contributed by atoms with Crippen molar-refractivity contribution in [1.82, 2.24) is 14.2 Å². The predicted octanol–water partition coefficient (Wildman–Crippen LogP) is 3.18. The van der Waals surface area contributed by atoms with Gasteiger partial charge in [-0.25, -0.2) is 8.42 Å². The van der Waals surface area contributed by atoms with Crippen LogP contribution in [-0.4, -0.2) is 36.3 Å². The molecule has 2 heterocycles. The molecule has 8 heteroatoms. The van der Waals surface area contributed by atoms with Crippen LogP contribution in [0.1, 0.15) is 31.4 Å². The number of aromatic nitrogens is 1. The van der Waals surface area contributed by atoms with E-state index in [1.807, 2.05) is 61.5 Å². The van der Waals surface area contributed by atoms with Crippen molar-refractivity contribution in [3.05, 3.63) is 88.8 Å². The number of carbonyl (C=O) groups excluding carboxylic acids is 1. The molecule has 1 aliphatic heterocycles. The third kappa shape index (κ3) is 5.23. The summed E-state index contributed by atoms with van der Waals surface area (Å²) in [5.74, 6) is -0.368. The third-order valence-electron chi connectivity index (χ3n) is 5.87. The maximum absolute atomic E-state index is 12.8. The van der Waals surface area contributed by atoms with E-state index in [0.717, 1.165) is 34.1 Å². The monoisotopic (exact) mass is 465 g/mol. The lowest BCUT2D eigenvalue weighted by molar-refractivity contribution is -0.122. The summed E-state index contributed by atoms with van der Waals surface area (Å²) >= 11 is 0. The van der Waals surface area contributed by atoms with Gasteiger partial charge in [-0.3, -0.25) is 9.59 Å². The Labute approximate surface area is 193 Å². The van der Waals surface area contributed by atoms with Crippen LogP contribution in [0, 0.1) is 0 Å². The summed E-state index contributed by atoms with van der Waals surface area (Å²) < 4.78 is 28.1. The average molecular weight is 466 g/mol. The molecule has 1 fully saturated rings. The van der Waals surface area contributed by atoms with Gasteiger partial charge in [0, 0.05) is 25.4 Å². The number of hydrogen-bond acceptors (Lipinski definition) is 4. The molecule has 3 aromatic rings. The summed E-state index contributed by atoms with van der Waals surface area (Å²) in [7, 11) is -3.66. The molecule has 0 saturated carbocycles. The van der Waals surface area contributed by atoms with E-state index in [1.165, 1.54) is 22.6 Å². The summed E-state index contributed by atoms with van der Waals surface area (Å²) in [5.41, 5.74) is 2.70. The number of pyridine rings is 1. The zero-order valence-corrected chi connectivity index (χ0v) is 19.3. The van der Waals surface area contributed by atoms with E-state index < -0.39 is 15.6 Å². The Morgan fingerprint density at radius 2 is 1.58 bits per heavy atom. The van der Waals surface area contributed by atoms with Gasteiger partial charge in [-0.1, -0.05) is 54.6 Å². The van der Waals surface area contributed by atoms with Crippen molar-refractivity contribution in [3.8, 4) is 11.1 Å². The van der Waals surface area contributed by atoms with E-state index in [-0.39, 0.29) is 23.4 Å². The SMILES string of the molecule is C[C@H](NC(=O)Cn1cc(S(=O)(=O)N2CCCC2)ccc1=O)c1ccc(-c2ccccc2)cc1. The van der Waals surface area contributed by atoms with Gasteiger partial charge in [-0.15, -0.1) is 0 Å². The highest BCUT2D eigenvalue weighted by Crippen LogP contribution is 2.22. The predicted molar refractivity (Wildman–Crippen MR) is 127 cm³/mol. The van der Waals surface area contributed by atoms with E-state index in [1.54, 1.807) is 0 Å². The molecule has 1 saturated heterocycles. The molecule has 0 radical (unpaired) electrons. The number of sulfonamides is 1. The zero-order chi connectivity index (χ0) is 23.4. The largest absolute Gasteiger partial charge is 0.348 e. The van der Waals surface area contributed by atoms with Crippen molar-refractivity contribution in [2.45, 2.75) is 37.2 Å². The molecular formula is C25H27N3O4S. The molecule has 1 aromatic heterocycles. The number of nitrogens with one attached hydrogen (secondary N) is 1. The number of nitrogens with zero attached hydrogens (tertiary/aromatic N) is 2. The lowest BCUT2D eigenvalue weighted by atomic mass is 10.0. The Balaban J connectivity index is 1.44. The van der Waals surface area contributed by atoms with Crippen LogP contribution in [-0.2, 0) is 21.4 Å². The Bertz CT molecular complexity index is 1280. The Hall–Kier alpha value is -3.23. The van der Waals surface area contributed by atoms with E-state index in [0.29, 0.717) is 13.1 Å². The zero-order valence-electron chi connectivity index (χ0n) is 18.5. The average Bonchev–Trinajstić information content (AvgIpc) is 3.37. The summed E-state index contributed by atoms with van der Waals surface area (Å²) in [4.78, 5) is 24.9. The fourth-order valence-electron chi connectivity index (χ4n) is 3.98. The van der Waals surface area contributed by atoms with Crippen LogP contribution >= 0.6 is 0 Å². The number of rotatable bonds is 7. The minimum absolute atomic E-state index is 0.0290. The molecule has 1 N–H and O–H groups in total. The molecule has 0 unspecified atom stereocenters. The highest BCUT2D eigenvalue weighted by molar-refractivity contribution is 7.89. The summed E-state index contributed by atoms with van der Waals surface area (Å²) in [6.07, 6.45) is 2.91. The Kier molecular flexibility index (Phi) is 6.76. The lowest BCUT2D eigenvalue weighted by Gasteiger charge is -2.17.